The van der Waals surface area contributed by atoms with Gasteiger partial charge in [-0.3, -0.25) is 19.7 Å². The van der Waals surface area contributed by atoms with E-state index in [4.69, 9.17) is 16.3 Å². The highest BCUT2D eigenvalue weighted by Gasteiger charge is 2.22. The van der Waals surface area contributed by atoms with E-state index in [9.17, 15) is 26.4 Å². The molecule has 11 nitrogen and oxygen atoms in total. The Morgan fingerprint density at radius 3 is 2.17 bits per heavy atom. The molecule has 0 saturated carbocycles. The molecule has 4 N–H and O–H groups in total. The number of anilines is 2. The maximum Gasteiger partial charge on any atom is 0.266 e. The Labute approximate surface area is 212 Å². The highest BCUT2D eigenvalue weighted by molar-refractivity contribution is 7.92. The standard InChI is InChI=1S/C22H21ClN4O7S2/c1-14(28)24-18-10-11-20(34-2)21(13-18)36(32,33)27-25-22(29)15-4-3-5-19(12-15)35(30,31)26-17-8-6-16(23)7-9-17/h3-13,26-27H,1-2H3,(H,24,28)(H,25,29). The first kappa shape index (κ1) is 26.9. The average Bonchev–Trinajstić information content (AvgIpc) is 2.83. The van der Waals surface area contributed by atoms with Crippen molar-refractivity contribution in [3.8, 4) is 5.75 Å². The van der Waals surface area contributed by atoms with Crippen molar-refractivity contribution < 1.29 is 31.2 Å². The fourth-order valence-electron chi connectivity index (χ4n) is 2.94. The Hall–Kier alpha value is -3.65. The van der Waals surface area contributed by atoms with Crippen molar-refractivity contribution in [2.75, 3.05) is 17.1 Å². The predicted octanol–water partition coefficient (Wildman–Crippen LogP) is 2.73. The van der Waals surface area contributed by atoms with Crippen molar-refractivity contribution in [1.82, 2.24) is 10.3 Å². The molecule has 0 radical (unpaired) electrons. The summed E-state index contributed by atoms with van der Waals surface area (Å²) in [5, 5.41) is 2.89. The molecule has 0 aliphatic carbocycles. The molecule has 0 unspecified atom stereocenters. The molecule has 0 aliphatic rings. The van der Waals surface area contributed by atoms with E-state index in [1.165, 1.54) is 68.6 Å². The molecule has 0 atom stereocenters. The van der Waals surface area contributed by atoms with Gasteiger partial charge in [0.1, 0.15) is 10.6 Å². The minimum absolute atomic E-state index is 0.0350. The van der Waals surface area contributed by atoms with Crippen molar-refractivity contribution in [2.45, 2.75) is 16.7 Å². The smallest absolute Gasteiger partial charge is 0.266 e. The number of hydrogen-bond donors (Lipinski definition) is 4. The van der Waals surface area contributed by atoms with E-state index >= 15 is 0 Å². The van der Waals surface area contributed by atoms with Crippen LogP contribution in [0.25, 0.3) is 0 Å². The van der Waals surface area contributed by atoms with Gasteiger partial charge in [-0.05, 0) is 60.7 Å². The molecule has 0 fully saturated rings. The van der Waals surface area contributed by atoms with Gasteiger partial charge in [0.2, 0.25) is 5.91 Å². The summed E-state index contributed by atoms with van der Waals surface area (Å²) >= 11 is 5.81. The second-order valence-corrected chi connectivity index (χ2v) is 11.0. The molecule has 190 valence electrons. The first-order valence-corrected chi connectivity index (χ1v) is 13.4. The van der Waals surface area contributed by atoms with Gasteiger partial charge in [0.05, 0.1) is 12.0 Å². The number of benzene rings is 3. The molecular formula is C22H21ClN4O7S2. The van der Waals surface area contributed by atoms with Gasteiger partial charge in [-0.2, -0.15) is 0 Å². The SMILES string of the molecule is COc1ccc(NC(C)=O)cc1S(=O)(=O)NNC(=O)c1cccc(S(=O)(=O)Nc2ccc(Cl)cc2)c1. The van der Waals surface area contributed by atoms with Crippen LogP contribution in [0.3, 0.4) is 0 Å². The van der Waals surface area contributed by atoms with Gasteiger partial charge in [0.15, 0.2) is 0 Å². The highest BCUT2D eigenvalue weighted by atomic mass is 35.5. The fourth-order valence-corrected chi connectivity index (χ4v) is 5.21. The monoisotopic (exact) mass is 552 g/mol. The number of sulfonamides is 2. The molecule has 14 heteroatoms. The van der Waals surface area contributed by atoms with E-state index in [1.807, 2.05) is 10.3 Å². The summed E-state index contributed by atoms with van der Waals surface area (Å²) in [5.41, 5.74) is 2.36. The molecule has 3 rings (SSSR count). The lowest BCUT2D eigenvalue weighted by Crippen LogP contribution is -2.41. The Balaban J connectivity index is 1.78. The number of hydrogen-bond acceptors (Lipinski definition) is 7. The van der Waals surface area contributed by atoms with Gasteiger partial charge in [-0.25, -0.2) is 16.8 Å². The van der Waals surface area contributed by atoms with Crippen LogP contribution in [-0.2, 0) is 24.8 Å². The van der Waals surface area contributed by atoms with Crippen LogP contribution in [0.2, 0.25) is 5.02 Å². The van der Waals surface area contributed by atoms with Gasteiger partial charge in [0, 0.05) is 28.9 Å². The number of hydrazine groups is 1. The Morgan fingerprint density at radius 1 is 0.861 bits per heavy atom. The van der Waals surface area contributed by atoms with Crippen molar-refractivity contribution >= 4 is 54.8 Å². The van der Waals surface area contributed by atoms with Crippen LogP contribution in [0.1, 0.15) is 17.3 Å². The van der Waals surface area contributed by atoms with Crippen LogP contribution >= 0.6 is 11.6 Å². The van der Waals surface area contributed by atoms with Crippen LogP contribution in [0.4, 0.5) is 11.4 Å². The zero-order chi connectivity index (χ0) is 26.5. The van der Waals surface area contributed by atoms with Crippen LogP contribution in [0.15, 0.2) is 76.5 Å². The number of carbonyl (C=O) groups excluding carboxylic acids is 2. The number of halogens is 1. The quantitative estimate of drug-likeness (QED) is 0.297. The topological polar surface area (TPSA) is 160 Å². The van der Waals surface area contributed by atoms with Gasteiger partial charge < -0.3 is 10.1 Å². The maximum absolute atomic E-state index is 12.8. The molecule has 0 spiro atoms. The van der Waals surface area contributed by atoms with Crippen molar-refractivity contribution in [1.29, 1.82) is 0 Å². The maximum atomic E-state index is 12.8. The zero-order valence-corrected chi connectivity index (χ0v) is 21.3. The lowest BCUT2D eigenvalue weighted by molar-refractivity contribution is -0.114. The first-order valence-electron chi connectivity index (χ1n) is 10.1. The molecule has 3 aromatic carbocycles. The number of nitrogens with one attached hydrogen (secondary N) is 4. The second-order valence-electron chi connectivity index (χ2n) is 7.25. The minimum Gasteiger partial charge on any atom is -0.495 e. The second kappa shape index (κ2) is 11.0. The molecular weight excluding hydrogens is 532 g/mol. The van der Waals surface area contributed by atoms with Crippen molar-refractivity contribution in [3.05, 3.63) is 77.3 Å². The van der Waals surface area contributed by atoms with E-state index in [-0.39, 0.29) is 32.5 Å². The first-order chi connectivity index (χ1) is 16.9. The van der Waals surface area contributed by atoms with E-state index in [0.717, 1.165) is 12.1 Å². The third-order valence-corrected chi connectivity index (χ3v) is 7.48. The molecule has 2 amide bonds. The normalized spacial score (nSPS) is 11.4. The summed E-state index contributed by atoms with van der Waals surface area (Å²) in [6.45, 7) is 1.26. The summed E-state index contributed by atoms with van der Waals surface area (Å²) in [5.74, 6) is -1.36. The van der Waals surface area contributed by atoms with Gasteiger partial charge in [-0.15, -0.1) is 4.83 Å². The summed E-state index contributed by atoms with van der Waals surface area (Å²) in [7, 11) is -7.14. The van der Waals surface area contributed by atoms with Crippen LogP contribution in [0.5, 0.6) is 5.75 Å². The van der Waals surface area contributed by atoms with Gasteiger partial charge in [0.25, 0.3) is 26.0 Å². The third kappa shape index (κ3) is 6.73. The molecule has 36 heavy (non-hydrogen) atoms. The van der Waals surface area contributed by atoms with Crippen molar-refractivity contribution in [2.24, 2.45) is 0 Å². The predicted molar refractivity (Wildman–Crippen MR) is 134 cm³/mol. The Morgan fingerprint density at radius 2 is 1.53 bits per heavy atom. The molecule has 3 aromatic rings. The number of amides is 2. The van der Waals surface area contributed by atoms with Crippen LogP contribution in [0, 0.1) is 0 Å². The summed E-state index contributed by atoms with van der Waals surface area (Å²) in [6, 6.07) is 14.9. The molecule has 0 bridgehead atoms. The summed E-state index contributed by atoms with van der Waals surface area (Å²) in [4.78, 5) is 25.3. The molecule has 0 aromatic heterocycles. The molecule has 0 heterocycles. The lowest BCUT2D eigenvalue weighted by atomic mass is 10.2. The number of methoxy groups -OCH3 is 1. The van der Waals surface area contributed by atoms with E-state index in [2.05, 4.69) is 10.0 Å². The van der Waals surface area contributed by atoms with Gasteiger partial charge >= 0.3 is 0 Å². The van der Waals surface area contributed by atoms with Crippen molar-refractivity contribution in [3.63, 3.8) is 0 Å². The summed E-state index contributed by atoms with van der Waals surface area (Å²) in [6.07, 6.45) is 0. The Kier molecular flexibility index (Phi) is 8.20. The fraction of sp³-hybridized carbons (Fsp3) is 0.0909. The average molecular weight is 553 g/mol. The van der Waals surface area contributed by atoms with Crippen LogP contribution < -0.4 is 25.0 Å². The Bertz CT molecular complexity index is 1510. The van der Waals surface area contributed by atoms with E-state index in [1.54, 1.807) is 0 Å². The summed E-state index contributed by atoms with van der Waals surface area (Å²) < 4.78 is 58.5. The third-order valence-electron chi connectivity index (χ3n) is 4.58. The molecule has 0 saturated heterocycles. The zero-order valence-electron chi connectivity index (χ0n) is 18.9. The van der Waals surface area contributed by atoms with E-state index < -0.39 is 31.9 Å². The number of carbonyl (C=O) groups is 2. The number of rotatable bonds is 9. The largest absolute Gasteiger partial charge is 0.495 e. The van der Waals surface area contributed by atoms with Gasteiger partial charge in [-0.1, -0.05) is 17.7 Å². The lowest BCUT2D eigenvalue weighted by Gasteiger charge is -2.13. The molecule has 0 aliphatic heterocycles. The number of ether oxygens (including phenoxy) is 1. The minimum atomic E-state index is -4.35. The van der Waals surface area contributed by atoms with Crippen LogP contribution in [-0.4, -0.2) is 35.8 Å². The highest BCUT2D eigenvalue weighted by Crippen LogP contribution is 2.27. The van der Waals surface area contributed by atoms with E-state index in [0.29, 0.717) is 5.02 Å².